The Kier molecular flexibility index (Phi) is 6.15. The van der Waals surface area contributed by atoms with Gasteiger partial charge >= 0.3 is 0 Å². The summed E-state index contributed by atoms with van der Waals surface area (Å²) in [6.45, 7) is 3.96. The molecule has 0 radical (unpaired) electrons. The van der Waals surface area contributed by atoms with Crippen LogP contribution in [0.15, 0.2) is 48.8 Å². The number of primary amides is 1. The van der Waals surface area contributed by atoms with Gasteiger partial charge in [-0.3, -0.25) is 4.79 Å². The highest BCUT2D eigenvalue weighted by atomic mass is 35.5. The molecule has 1 saturated heterocycles. The van der Waals surface area contributed by atoms with Gasteiger partial charge in [0.15, 0.2) is 5.82 Å². The van der Waals surface area contributed by atoms with E-state index in [1.165, 1.54) is 6.20 Å². The maximum Gasteiger partial charge on any atom is 0.250 e. The number of amides is 1. The van der Waals surface area contributed by atoms with Gasteiger partial charge in [-0.25, -0.2) is 9.97 Å². The molecule has 9 nitrogen and oxygen atoms in total. The maximum absolute atomic E-state index is 11.7. The number of nitrogens with one attached hydrogen (secondary N) is 2. The van der Waals surface area contributed by atoms with Crippen molar-refractivity contribution in [2.75, 3.05) is 48.8 Å². The number of aromatic nitrogens is 3. The minimum Gasteiger partial charge on any atom is -0.366 e. The van der Waals surface area contributed by atoms with Gasteiger partial charge in [0, 0.05) is 26.2 Å². The average Bonchev–Trinajstić information content (AvgIpc) is 2.77. The van der Waals surface area contributed by atoms with Gasteiger partial charge in [0.2, 0.25) is 5.95 Å². The number of nitrogens with zero attached hydrogens (tertiary/aromatic N) is 5. The third-order valence-corrected chi connectivity index (χ3v) is 5.30. The predicted octanol–water partition coefficient (Wildman–Crippen LogP) is 2.86. The lowest BCUT2D eigenvalue weighted by atomic mass is 10.1. The fourth-order valence-corrected chi connectivity index (χ4v) is 3.40. The zero-order valence-corrected chi connectivity index (χ0v) is 17.8. The normalized spacial score (nSPS) is 14.3. The Labute approximate surface area is 185 Å². The van der Waals surface area contributed by atoms with Crippen molar-refractivity contribution in [1.29, 1.82) is 0 Å². The number of anilines is 5. The lowest BCUT2D eigenvalue weighted by molar-refractivity contribution is 0.100. The largest absolute Gasteiger partial charge is 0.366 e. The van der Waals surface area contributed by atoms with Crippen LogP contribution in [0.3, 0.4) is 0 Å². The molecule has 31 heavy (non-hydrogen) atoms. The molecule has 1 aliphatic rings. The lowest BCUT2D eigenvalue weighted by Crippen LogP contribution is -2.44. The molecule has 10 heteroatoms. The molecule has 0 saturated carbocycles. The highest BCUT2D eigenvalue weighted by Crippen LogP contribution is 2.27. The summed E-state index contributed by atoms with van der Waals surface area (Å²) in [6, 6.07) is 10.8. The summed E-state index contributed by atoms with van der Waals surface area (Å²) in [5, 5.41) is 6.50. The van der Waals surface area contributed by atoms with Gasteiger partial charge in [-0.1, -0.05) is 23.7 Å². The minimum absolute atomic E-state index is 0.313. The first-order chi connectivity index (χ1) is 15.0. The molecule has 1 fully saturated rings. The molecule has 1 aliphatic heterocycles. The first-order valence-electron chi connectivity index (χ1n) is 9.84. The first-order valence-corrected chi connectivity index (χ1v) is 10.2. The highest BCUT2D eigenvalue weighted by molar-refractivity contribution is 6.33. The van der Waals surface area contributed by atoms with Crippen LogP contribution in [0, 0.1) is 0 Å². The number of hydrogen-bond donors (Lipinski definition) is 3. The predicted molar refractivity (Wildman–Crippen MR) is 123 cm³/mol. The molecule has 2 aromatic heterocycles. The van der Waals surface area contributed by atoms with Crippen LogP contribution >= 0.6 is 11.6 Å². The summed E-state index contributed by atoms with van der Waals surface area (Å²) in [7, 11) is 2.12. The fourth-order valence-electron chi connectivity index (χ4n) is 3.26. The van der Waals surface area contributed by atoms with Gasteiger partial charge in [-0.15, -0.1) is 0 Å². The number of halogens is 1. The molecule has 0 aliphatic carbocycles. The van der Waals surface area contributed by atoms with Gasteiger partial charge in [-0.2, -0.15) is 4.98 Å². The number of rotatable bonds is 6. The van der Waals surface area contributed by atoms with Gasteiger partial charge in [-0.05, 0) is 31.3 Å². The summed E-state index contributed by atoms with van der Waals surface area (Å²) >= 11 is 6.25. The molecule has 0 atom stereocenters. The summed E-state index contributed by atoms with van der Waals surface area (Å²) < 4.78 is 0. The first kappa shape index (κ1) is 20.8. The molecule has 3 heterocycles. The van der Waals surface area contributed by atoms with E-state index >= 15 is 0 Å². The smallest absolute Gasteiger partial charge is 0.250 e. The Morgan fingerprint density at radius 2 is 1.81 bits per heavy atom. The van der Waals surface area contributed by atoms with Crippen LogP contribution < -0.4 is 21.3 Å². The van der Waals surface area contributed by atoms with Crippen LogP contribution in [0.5, 0.6) is 0 Å². The zero-order chi connectivity index (χ0) is 21.8. The number of para-hydroxylation sites is 1. The second kappa shape index (κ2) is 9.15. The van der Waals surface area contributed by atoms with Crippen molar-refractivity contribution in [2.45, 2.75) is 0 Å². The molecule has 1 amide bonds. The van der Waals surface area contributed by atoms with Crippen LogP contribution in [0.25, 0.3) is 0 Å². The Morgan fingerprint density at radius 1 is 1.03 bits per heavy atom. The van der Waals surface area contributed by atoms with Crippen molar-refractivity contribution in [2.24, 2.45) is 5.73 Å². The number of pyridine rings is 1. The number of benzene rings is 1. The van der Waals surface area contributed by atoms with Crippen molar-refractivity contribution in [3.8, 4) is 0 Å². The van der Waals surface area contributed by atoms with Gasteiger partial charge in [0.25, 0.3) is 5.91 Å². The molecular weight excluding hydrogens is 416 g/mol. The molecule has 3 aromatic rings. The molecule has 4 rings (SSSR count). The van der Waals surface area contributed by atoms with Crippen LogP contribution in [-0.2, 0) is 0 Å². The van der Waals surface area contributed by atoms with Crippen molar-refractivity contribution in [3.05, 3.63) is 59.4 Å². The van der Waals surface area contributed by atoms with E-state index in [0.717, 1.165) is 37.7 Å². The van der Waals surface area contributed by atoms with Gasteiger partial charge in [0.05, 0.1) is 29.3 Å². The number of carbonyl (C=O) groups excluding carboxylic acids is 1. The fraction of sp³-hybridized carbons (Fsp3) is 0.238. The number of piperazine rings is 1. The molecule has 4 N–H and O–H groups in total. The maximum atomic E-state index is 11.7. The van der Waals surface area contributed by atoms with E-state index in [1.807, 2.05) is 12.1 Å². The van der Waals surface area contributed by atoms with Crippen molar-refractivity contribution >= 4 is 46.5 Å². The lowest BCUT2D eigenvalue weighted by Gasteiger charge is -2.33. The average molecular weight is 439 g/mol. The molecule has 0 spiro atoms. The second-order valence-electron chi connectivity index (χ2n) is 7.25. The standard InChI is InChI=1S/C21H23ClN8O/c1-29-8-10-30(11-9-29)18-7-6-14(12-24-18)26-21-25-13-16(22)20(28-21)27-17-5-3-2-4-15(17)19(23)31/h2-7,12-13H,8-11H2,1H3,(H2,23,31)(H2,25,26,27,28). The van der Waals surface area contributed by atoms with Crippen LogP contribution in [-0.4, -0.2) is 59.0 Å². The number of nitrogens with two attached hydrogens (primary N) is 1. The van der Waals surface area contributed by atoms with Crippen molar-refractivity contribution in [3.63, 3.8) is 0 Å². The Bertz CT molecular complexity index is 1070. The second-order valence-corrected chi connectivity index (χ2v) is 7.65. The minimum atomic E-state index is -0.543. The zero-order valence-electron chi connectivity index (χ0n) is 17.0. The molecule has 0 bridgehead atoms. The van der Waals surface area contributed by atoms with E-state index in [4.69, 9.17) is 17.3 Å². The van der Waals surface area contributed by atoms with Gasteiger partial charge in [0.1, 0.15) is 10.8 Å². The highest BCUT2D eigenvalue weighted by Gasteiger charge is 2.15. The van der Waals surface area contributed by atoms with Crippen molar-refractivity contribution in [1.82, 2.24) is 19.9 Å². The summed E-state index contributed by atoms with van der Waals surface area (Å²) in [6.07, 6.45) is 3.24. The Hall–Kier alpha value is -3.43. The summed E-state index contributed by atoms with van der Waals surface area (Å²) in [4.78, 5) is 29.4. The van der Waals surface area contributed by atoms with Crippen LogP contribution in [0.2, 0.25) is 5.02 Å². The number of likely N-dealkylation sites (N-methyl/N-ethyl adjacent to an activating group) is 1. The quantitative estimate of drug-likeness (QED) is 0.538. The third kappa shape index (κ3) is 5.01. The van der Waals surface area contributed by atoms with Gasteiger partial charge < -0.3 is 26.2 Å². The van der Waals surface area contributed by atoms with Crippen LogP contribution in [0.1, 0.15) is 10.4 Å². The molecule has 1 aromatic carbocycles. The molecule has 160 valence electrons. The van der Waals surface area contributed by atoms with E-state index in [-0.39, 0.29) is 0 Å². The Balaban J connectivity index is 1.48. The molecular formula is C21H23ClN8O. The van der Waals surface area contributed by atoms with E-state index in [9.17, 15) is 4.79 Å². The topological polar surface area (TPSA) is 112 Å². The van der Waals surface area contributed by atoms with E-state index < -0.39 is 5.91 Å². The number of hydrogen-bond acceptors (Lipinski definition) is 8. The monoisotopic (exact) mass is 438 g/mol. The van der Waals surface area contributed by atoms with E-state index in [1.54, 1.807) is 30.5 Å². The van der Waals surface area contributed by atoms with Crippen molar-refractivity contribution < 1.29 is 4.79 Å². The third-order valence-electron chi connectivity index (χ3n) is 5.02. The van der Waals surface area contributed by atoms with E-state index in [2.05, 4.69) is 42.4 Å². The van der Waals surface area contributed by atoms with E-state index in [0.29, 0.717) is 28.0 Å². The summed E-state index contributed by atoms with van der Waals surface area (Å²) in [5.74, 6) is 1.10. The summed E-state index contributed by atoms with van der Waals surface area (Å²) in [5.41, 5.74) is 7.05. The number of carbonyl (C=O) groups is 1. The molecule has 0 unspecified atom stereocenters. The van der Waals surface area contributed by atoms with Crippen LogP contribution in [0.4, 0.5) is 29.0 Å². The Morgan fingerprint density at radius 3 is 2.52 bits per heavy atom. The SMILES string of the molecule is CN1CCN(c2ccc(Nc3ncc(Cl)c(Nc4ccccc4C(N)=O)n3)cn2)CC1.